The topological polar surface area (TPSA) is 26.0 Å². The summed E-state index contributed by atoms with van der Waals surface area (Å²) < 4.78 is 23.8. The van der Waals surface area contributed by atoms with Gasteiger partial charge in [0, 0.05) is 13.0 Å². The first-order valence-electron chi connectivity index (χ1n) is 3.78. The molecular weight excluding hydrogens is 160 g/mol. The van der Waals surface area contributed by atoms with E-state index in [9.17, 15) is 8.78 Å². The van der Waals surface area contributed by atoms with Crippen LogP contribution in [0.5, 0.6) is 0 Å². The summed E-state index contributed by atoms with van der Waals surface area (Å²) in [7, 11) is 0. The highest BCUT2D eigenvalue weighted by atomic mass is 19.3. The Labute approximate surface area is 70.2 Å². The lowest BCUT2D eigenvalue weighted by Crippen LogP contribution is -1.99. The van der Waals surface area contributed by atoms with Gasteiger partial charge in [0.1, 0.15) is 0 Å². The van der Waals surface area contributed by atoms with Gasteiger partial charge in [-0.05, 0) is 11.1 Å². The van der Waals surface area contributed by atoms with Crippen LogP contribution in [0.3, 0.4) is 0 Å². The second-order valence-corrected chi connectivity index (χ2v) is 2.62. The largest absolute Gasteiger partial charge is 0.326 e. The summed E-state index contributed by atoms with van der Waals surface area (Å²) in [6.45, 7) is 0.453. The monoisotopic (exact) mass is 171 g/mol. The molecule has 0 fully saturated rings. The van der Waals surface area contributed by atoms with Crippen LogP contribution in [-0.4, -0.2) is 6.43 Å². The fraction of sp³-hybridized carbons (Fsp3) is 0.333. The highest BCUT2D eigenvalue weighted by Gasteiger charge is 2.03. The molecule has 66 valence electrons. The third-order valence-electron chi connectivity index (χ3n) is 1.65. The third-order valence-corrected chi connectivity index (χ3v) is 1.65. The van der Waals surface area contributed by atoms with E-state index in [4.69, 9.17) is 5.73 Å². The minimum Gasteiger partial charge on any atom is -0.326 e. The van der Waals surface area contributed by atoms with Crippen LogP contribution >= 0.6 is 0 Å². The fourth-order valence-corrected chi connectivity index (χ4v) is 0.990. The molecule has 0 heterocycles. The molecule has 2 N–H and O–H groups in total. The molecule has 0 saturated heterocycles. The molecule has 1 aromatic rings. The lowest BCUT2D eigenvalue weighted by Gasteiger charge is -2.01. The maximum Gasteiger partial charge on any atom is 0.242 e. The van der Waals surface area contributed by atoms with Gasteiger partial charge in [-0.25, -0.2) is 8.78 Å². The van der Waals surface area contributed by atoms with Crippen LogP contribution in [-0.2, 0) is 13.0 Å². The Morgan fingerprint density at radius 1 is 1.08 bits per heavy atom. The van der Waals surface area contributed by atoms with E-state index in [1.54, 1.807) is 24.3 Å². The molecule has 0 aliphatic heterocycles. The van der Waals surface area contributed by atoms with Crippen molar-refractivity contribution in [1.82, 2.24) is 0 Å². The van der Waals surface area contributed by atoms with Gasteiger partial charge in [0.15, 0.2) is 0 Å². The van der Waals surface area contributed by atoms with E-state index in [1.165, 1.54) is 0 Å². The molecule has 1 rings (SSSR count). The Morgan fingerprint density at radius 3 is 2.00 bits per heavy atom. The molecule has 1 aromatic carbocycles. The quantitative estimate of drug-likeness (QED) is 0.739. The zero-order valence-corrected chi connectivity index (χ0v) is 6.63. The Balaban J connectivity index is 2.65. The van der Waals surface area contributed by atoms with E-state index >= 15 is 0 Å². The van der Waals surface area contributed by atoms with Crippen LogP contribution in [0.2, 0.25) is 0 Å². The lowest BCUT2D eigenvalue weighted by atomic mass is 10.1. The number of hydrogen-bond acceptors (Lipinski definition) is 1. The summed E-state index contributed by atoms with van der Waals surface area (Å²) >= 11 is 0. The van der Waals surface area contributed by atoms with Crippen molar-refractivity contribution in [2.45, 2.75) is 19.4 Å². The first kappa shape index (κ1) is 9.13. The van der Waals surface area contributed by atoms with Crippen molar-refractivity contribution in [1.29, 1.82) is 0 Å². The molecule has 1 nitrogen and oxygen atoms in total. The lowest BCUT2D eigenvalue weighted by molar-refractivity contribution is 0.149. The van der Waals surface area contributed by atoms with E-state index < -0.39 is 6.43 Å². The Bertz CT molecular complexity index is 231. The minimum atomic E-state index is -2.27. The van der Waals surface area contributed by atoms with Crippen molar-refractivity contribution in [2.75, 3.05) is 0 Å². The van der Waals surface area contributed by atoms with Gasteiger partial charge in [-0.3, -0.25) is 0 Å². The molecule has 0 aliphatic carbocycles. The third kappa shape index (κ3) is 2.58. The molecule has 0 radical (unpaired) electrons. The van der Waals surface area contributed by atoms with Crippen molar-refractivity contribution >= 4 is 0 Å². The molecule has 0 atom stereocenters. The van der Waals surface area contributed by atoms with Crippen LogP contribution in [0.15, 0.2) is 24.3 Å². The Kier molecular flexibility index (Phi) is 3.17. The van der Waals surface area contributed by atoms with Gasteiger partial charge < -0.3 is 5.73 Å². The first-order valence-corrected chi connectivity index (χ1v) is 3.78. The Hall–Kier alpha value is -0.960. The van der Waals surface area contributed by atoms with E-state index in [0.29, 0.717) is 12.1 Å². The molecular formula is C9H11F2N. The maximum absolute atomic E-state index is 11.9. The zero-order chi connectivity index (χ0) is 8.97. The summed E-state index contributed by atoms with van der Waals surface area (Å²) in [6.07, 6.45) is -2.45. The van der Waals surface area contributed by atoms with E-state index in [2.05, 4.69) is 0 Å². The summed E-state index contributed by atoms with van der Waals surface area (Å²) in [5.41, 5.74) is 6.97. The highest BCUT2D eigenvalue weighted by molar-refractivity contribution is 5.22. The fourth-order valence-electron chi connectivity index (χ4n) is 0.990. The molecule has 0 aliphatic rings. The van der Waals surface area contributed by atoms with Gasteiger partial charge in [0.05, 0.1) is 0 Å². The number of halogens is 2. The number of benzene rings is 1. The highest BCUT2D eigenvalue weighted by Crippen LogP contribution is 2.08. The van der Waals surface area contributed by atoms with Gasteiger partial charge in [0.2, 0.25) is 6.43 Å². The summed E-state index contributed by atoms with van der Waals surface area (Å²) in [5.74, 6) is 0. The second kappa shape index (κ2) is 4.16. The van der Waals surface area contributed by atoms with Crippen molar-refractivity contribution in [2.24, 2.45) is 5.73 Å². The molecule has 12 heavy (non-hydrogen) atoms. The normalized spacial score (nSPS) is 10.7. The van der Waals surface area contributed by atoms with Crippen LogP contribution < -0.4 is 5.73 Å². The molecule has 0 saturated carbocycles. The maximum atomic E-state index is 11.9. The summed E-state index contributed by atoms with van der Waals surface area (Å²) in [6, 6.07) is 6.93. The van der Waals surface area contributed by atoms with Gasteiger partial charge in [-0.2, -0.15) is 0 Å². The van der Waals surface area contributed by atoms with Crippen LogP contribution in [0, 0.1) is 0 Å². The summed E-state index contributed by atoms with van der Waals surface area (Å²) in [4.78, 5) is 0. The number of nitrogens with two attached hydrogens (primary N) is 1. The van der Waals surface area contributed by atoms with Crippen molar-refractivity contribution in [3.63, 3.8) is 0 Å². The van der Waals surface area contributed by atoms with E-state index in [-0.39, 0.29) is 6.42 Å². The first-order chi connectivity index (χ1) is 5.72. The molecule has 0 bridgehead atoms. The molecule has 0 aromatic heterocycles. The average Bonchev–Trinajstić information content (AvgIpc) is 2.05. The average molecular weight is 171 g/mol. The standard InChI is InChI=1S/C9H11F2N/c10-9(11)5-7-1-3-8(6-12)4-2-7/h1-4,9H,5-6,12H2. The number of alkyl halides is 2. The number of rotatable bonds is 3. The van der Waals surface area contributed by atoms with Crippen LogP contribution in [0.1, 0.15) is 11.1 Å². The molecule has 0 amide bonds. The number of hydrogen-bond donors (Lipinski definition) is 1. The van der Waals surface area contributed by atoms with E-state index in [0.717, 1.165) is 5.56 Å². The second-order valence-electron chi connectivity index (χ2n) is 2.62. The minimum absolute atomic E-state index is 0.176. The van der Waals surface area contributed by atoms with Crippen molar-refractivity contribution in [3.8, 4) is 0 Å². The SMILES string of the molecule is NCc1ccc(CC(F)F)cc1. The van der Waals surface area contributed by atoms with Gasteiger partial charge in [0.25, 0.3) is 0 Å². The molecule has 3 heteroatoms. The van der Waals surface area contributed by atoms with Crippen molar-refractivity contribution in [3.05, 3.63) is 35.4 Å². The predicted octanol–water partition coefficient (Wildman–Crippen LogP) is 1.95. The van der Waals surface area contributed by atoms with Gasteiger partial charge >= 0.3 is 0 Å². The van der Waals surface area contributed by atoms with Gasteiger partial charge in [-0.1, -0.05) is 24.3 Å². The van der Waals surface area contributed by atoms with Crippen molar-refractivity contribution < 1.29 is 8.78 Å². The summed E-state index contributed by atoms with van der Waals surface area (Å²) in [5, 5.41) is 0. The van der Waals surface area contributed by atoms with Crippen LogP contribution in [0.25, 0.3) is 0 Å². The van der Waals surface area contributed by atoms with Gasteiger partial charge in [-0.15, -0.1) is 0 Å². The van der Waals surface area contributed by atoms with E-state index in [1.807, 2.05) is 0 Å². The Morgan fingerprint density at radius 2 is 1.58 bits per heavy atom. The smallest absolute Gasteiger partial charge is 0.242 e. The predicted molar refractivity (Wildman–Crippen MR) is 44.0 cm³/mol. The van der Waals surface area contributed by atoms with Crippen LogP contribution in [0.4, 0.5) is 8.78 Å². The zero-order valence-electron chi connectivity index (χ0n) is 6.63. The molecule has 0 spiro atoms. The molecule has 0 unspecified atom stereocenters.